The molecule has 8 fully saturated rings. The van der Waals surface area contributed by atoms with Crippen LogP contribution in [-0.2, 0) is 36.2 Å². The van der Waals surface area contributed by atoms with Gasteiger partial charge in [0.25, 0.3) is 10.0 Å². The number of halogens is 1. The molecule has 2 aromatic carbocycles. The summed E-state index contributed by atoms with van der Waals surface area (Å²) in [5, 5.41) is 2.94. The van der Waals surface area contributed by atoms with Crippen molar-refractivity contribution in [2.75, 3.05) is 16.3 Å². The Bertz CT molecular complexity index is 1860. The molecule has 1 saturated heterocycles. The van der Waals surface area contributed by atoms with Crippen molar-refractivity contribution in [1.82, 2.24) is 4.90 Å². The number of nitrogens with one attached hydrogen (secondary N) is 2. The molecule has 0 radical (unpaired) electrons. The molecule has 10 nitrogen and oxygen atoms in total. The molecule has 7 unspecified atom stereocenters. The van der Waals surface area contributed by atoms with E-state index in [1.807, 2.05) is 0 Å². The number of hydrogen-bond acceptors (Lipinski definition) is 7. The number of benzene rings is 2. The largest absolute Gasteiger partial charge is 0.341 e. The van der Waals surface area contributed by atoms with E-state index in [0.717, 1.165) is 17.9 Å². The highest BCUT2D eigenvalue weighted by atomic mass is 32.2. The van der Waals surface area contributed by atoms with Crippen LogP contribution in [0.5, 0.6) is 0 Å². The van der Waals surface area contributed by atoms with Gasteiger partial charge >= 0.3 is 0 Å². The van der Waals surface area contributed by atoms with Gasteiger partial charge in [-0.25, -0.2) is 12.8 Å². The summed E-state index contributed by atoms with van der Waals surface area (Å²) in [5.74, 6) is 0.691. The Balaban J connectivity index is 1.12. The lowest BCUT2D eigenvalue weighted by Crippen LogP contribution is -2.67. The number of rotatable bonds is 5. The Morgan fingerprint density at radius 2 is 1.67 bits per heavy atom. The predicted molar refractivity (Wildman–Crippen MR) is 148 cm³/mol. The normalized spacial score (nSPS) is 40.9. The number of ketones is 1. The summed E-state index contributed by atoms with van der Waals surface area (Å²) in [7, 11) is -8.02. The minimum atomic E-state index is -4.37. The second-order valence-corrected chi connectivity index (χ2v) is 16.5. The minimum absolute atomic E-state index is 0.0492. The molecule has 7 saturated carbocycles. The fourth-order valence-corrected chi connectivity index (χ4v) is 11.8. The van der Waals surface area contributed by atoms with Gasteiger partial charge in [-0.2, -0.15) is 8.42 Å². The maximum Gasteiger partial charge on any atom is 0.286 e. The molecule has 42 heavy (non-hydrogen) atoms. The zero-order chi connectivity index (χ0) is 29.0. The van der Waals surface area contributed by atoms with Crippen LogP contribution < -0.4 is 10.0 Å². The van der Waals surface area contributed by atoms with Crippen molar-refractivity contribution in [1.29, 1.82) is 0 Å². The highest BCUT2D eigenvalue weighted by Crippen LogP contribution is 2.87. The number of carbonyl (C=O) groups excluding carboxylic acids is 2. The predicted octanol–water partition coefficient (Wildman–Crippen LogP) is 2.31. The molecule has 8 bridgehead atoms. The number of sulfonamides is 2. The molecule has 0 aromatic heterocycles. The third kappa shape index (κ3) is 3.26. The Kier molecular flexibility index (Phi) is 4.67. The molecule has 2 aromatic rings. The Morgan fingerprint density at radius 3 is 2.33 bits per heavy atom. The first kappa shape index (κ1) is 25.2. The molecule has 218 valence electrons. The number of likely N-dealkylation sites (tertiary alicyclic amines) is 1. The molecule has 2 aliphatic heterocycles. The van der Waals surface area contributed by atoms with E-state index in [2.05, 4.69) is 14.4 Å². The standard InChI is InChI=1S/C29H27FN4O6S2/c1-41(37,38)32-13-6-7-16-17(8-13)42(39,40)33-28(31-16)25-27(35)24-22-18-14-9-15-19(22)21(15)23(20(14)18)26(24)34(29(25)36)10-11-2-4-12(30)5-3-11/h2-8,14-15,18-26,32H,9-10H2,1H3,(H,31,33)/t14?,15?,18?,19?,20?,21?,22?,23?,24-,25?,26+/m1/s1. The van der Waals surface area contributed by atoms with Gasteiger partial charge in [0.05, 0.1) is 11.9 Å². The van der Waals surface area contributed by atoms with Crippen molar-refractivity contribution in [3.05, 3.63) is 53.8 Å². The van der Waals surface area contributed by atoms with Crippen molar-refractivity contribution >= 4 is 48.9 Å². The van der Waals surface area contributed by atoms with Gasteiger partial charge in [0.15, 0.2) is 11.7 Å². The molecule has 0 spiro atoms. The highest BCUT2D eigenvalue weighted by molar-refractivity contribution is 7.92. The van der Waals surface area contributed by atoms with E-state index in [4.69, 9.17) is 0 Å². The quantitative estimate of drug-likeness (QED) is 0.495. The number of Topliss-reactive ketones (excluding diaryl/α,β-unsaturated/α-hetero) is 1. The van der Waals surface area contributed by atoms with E-state index in [1.165, 1.54) is 30.7 Å². The maximum absolute atomic E-state index is 14.4. The molecule has 1 amide bonds. The van der Waals surface area contributed by atoms with Crippen LogP contribution in [0.4, 0.5) is 15.8 Å². The van der Waals surface area contributed by atoms with Crippen molar-refractivity contribution in [2.45, 2.75) is 23.9 Å². The molecule has 11 rings (SSSR count). The van der Waals surface area contributed by atoms with Gasteiger partial charge in [-0.15, -0.1) is 4.40 Å². The third-order valence-electron chi connectivity index (χ3n) is 11.2. The molecule has 2 heterocycles. The van der Waals surface area contributed by atoms with Crippen LogP contribution >= 0.6 is 0 Å². The number of hydrogen-bond donors (Lipinski definition) is 2. The average molecular weight is 611 g/mol. The molecule has 13 heteroatoms. The summed E-state index contributed by atoms with van der Waals surface area (Å²) in [6.45, 7) is 0.203. The van der Waals surface area contributed by atoms with Gasteiger partial charge in [-0.05, 0) is 89.7 Å². The van der Waals surface area contributed by atoms with Gasteiger partial charge in [-0.1, -0.05) is 12.1 Å². The van der Waals surface area contributed by atoms with Gasteiger partial charge in [0, 0.05) is 24.2 Å². The van der Waals surface area contributed by atoms with E-state index in [1.54, 1.807) is 17.0 Å². The van der Waals surface area contributed by atoms with Crippen LogP contribution in [0.25, 0.3) is 0 Å². The second-order valence-electron chi connectivity index (χ2n) is 13.1. The van der Waals surface area contributed by atoms with Gasteiger partial charge in [-0.3, -0.25) is 14.3 Å². The smallest absolute Gasteiger partial charge is 0.286 e. The SMILES string of the molecule is CS(=O)(=O)Nc1ccc2c(c1)S(=O)(=O)N=C(C1C(=O)[C@@H]3C4C5C6CC7C4C7C(C65)[C@@H]3N(Cc3ccc(F)cc3)C1=O)N2. The topological polar surface area (TPSA) is 142 Å². The van der Waals surface area contributed by atoms with Crippen LogP contribution in [0, 0.1) is 65.0 Å². The van der Waals surface area contributed by atoms with Crippen LogP contribution in [0.3, 0.4) is 0 Å². The molecule has 7 aliphatic carbocycles. The number of amidine groups is 1. The Morgan fingerprint density at radius 1 is 1.00 bits per heavy atom. The first-order valence-corrected chi connectivity index (χ1v) is 17.6. The van der Waals surface area contributed by atoms with E-state index in [9.17, 15) is 30.8 Å². The van der Waals surface area contributed by atoms with E-state index in [0.29, 0.717) is 35.5 Å². The monoisotopic (exact) mass is 610 g/mol. The fraction of sp³-hybridized carbons (Fsp3) is 0.483. The molecule has 2 N–H and O–H groups in total. The van der Waals surface area contributed by atoms with Gasteiger partial charge in [0.1, 0.15) is 16.5 Å². The first-order chi connectivity index (χ1) is 19.9. The average Bonchev–Trinajstić information content (AvgIpc) is 3.84. The fourth-order valence-electron chi connectivity index (χ4n) is 10.1. The van der Waals surface area contributed by atoms with E-state index in [-0.39, 0.29) is 64.0 Å². The summed E-state index contributed by atoms with van der Waals surface area (Å²) in [5.41, 5.74) is 0.904. The summed E-state index contributed by atoms with van der Waals surface area (Å²) < 4.78 is 70.0. The minimum Gasteiger partial charge on any atom is -0.341 e. The Hall–Kier alpha value is -3.32. The van der Waals surface area contributed by atoms with Gasteiger partial charge in [0.2, 0.25) is 15.9 Å². The second kappa shape index (κ2) is 7.79. The number of fused-ring (bicyclic) bond motifs is 1. The summed E-state index contributed by atoms with van der Waals surface area (Å²) in [6.07, 6.45) is 2.18. The summed E-state index contributed by atoms with van der Waals surface area (Å²) in [4.78, 5) is 30.3. The molecule has 9 aliphatic rings. The van der Waals surface area contributed by atoms with Crippen LogP contribution in [0.15, 0.2) is 51.8 Å². The lowest BCUT2D eigenvalue weighted by Gasteiger charge is -2.55. The molecule has 9 atom stereocenters. The first-order valence-electron chi connectivity index (χ1n) is 14.3. The van der Waals surface area contributed by atoms with Crippen molar-refractivity contribution < 1.29 is 30.8 Å². The van der Waals surface area contributed by atoms with Crippen molar-refractivity contribution in [2.24, 2.45) is 63.6 Å². The molecular weight excluding hydrogens is 583 g/mol. The number of amides is 1. The summed E-state index contributed by atoms with van der Waals surface area (Å²) in [6, 6.07) is 9.69. The number of nitrogens with zero attached hydrogens (tertiary/aromatic N) is 2. The van der Waals surface area contributed by atoms with Crippen molar-refractivity contribution in [3.63, 3.8) is 0 Å². The van der Waals surface area contributed by atoms with Crippen LogP contribution in [0.2, 0.25) is 0 Å². The van der Waals surface area contributed by atoms with E-state index < -0.39 is 31.9 Å². The number of anilines is 2. The van der Waals surface area contributed by atoms with Crippen LogP contribution in [-0.4, -0.2) is 51.6 Å². The van der Waals surface area contributed by atoms with E-state index >= 15 is 0 Å². The molecular formula is C29H27FN4O6S2. The van der Waals surface area contributed by atoms with Crippen LogP contribution in [0.1, 0.15) is 12.0 Å². The highest BCUT2D eigenvalue weighted by Gasteiger charge is 2.86. The summed E-state index contributed by atoms with van der Waals surface area (Å²) >= 11 is 0. The third-order valence-corrected chi connectivity index (χ3v) is 13.1. The number of piperidine rings is 1. The lowest BCUT2D eigenvalue weighted by atomic mass is 9.57. The zero-order valence-electron chi connectivity index (χ0n) is 22.3. The van der Waals surface area contributed by atoms with Gasteiger partial charge < -0.3 is 10.2 Å². The lowest BCUT2D eigenvalue weighted by molar-refractivity contribution is -0.163. The maximum atomic E-state index is 14.4. The number of carbonyl (C=O) groups is 2. The van der Waals surface area contributed by atoms with Crippen molar-refractivity contribution in [3.8, 4) is 0 Å². The Labute approximate surface area is 241 Å². The zero-order valence-corrected chi connectivity index (χ0v) is 24.0.